The Morgan fingerprint density at radius 3 is 1.35 bits per heavy atom. The highest BCUT2D eigenvalue weighted by molar-refractivity contribution is 8.93. The molecule has 0 aliphatic rings. The molecule has 0 aliphatic carbocycles. The lowest BCUT2D eigenvalue weighted by Gasteiger charge is -1.92. The molecule has 0 unspecified atom stereocenters. The third-order valence-corrected chi connectivity index (χ3v) is 0.854. The molecule has 0 rings (SSSR count). The number of rotatable bonds is 3. The van der Waals surface area contributed by atoms with E-state index < -0.39 is 5.97 Å². The first kappa shape index (κ1) is 25.5. The van der Waals surface area contributed by atoms with Crippen LogP contribution in [0.2, 0.25) is 0 Å². The van der Waals surface area contributed by atoms with Gasteiger partial charge in [-0.2, -0.15) is 0 Å². The minimum Gasteiger partial charge on any atom is -0.478 e. The van der Waals surface area contributed by atoms with Gasteiger partial charge in [-0.25, -0.2) is 4.79 Å². The van der Waals surface area contributed by atoms with Crippen LogP contribution in [-0.4, -0.2) is 63.2 Å². The van der Waals surface area contributed by atoms with Crippen molar-refractivity contribution in [2.75, 3.05) is 42.3 Å². The molecular formula is C12H29BrN2O2. The molecular weight excluding hydrogens is 284 g/mol. The van der Waals surface area contributed by atoms with Gasteiger partial charge in [0.05, 0.1) is 0 Å². The Balaban J connectivity index is -0.0000000806. The molecule has 17 heavy (non-hydrogen) atoms. The second-order valence-electron chi connectivity index (χ2n) is 4.34. The van der Waals surface area contributed by atoms with Crippen molar-refractivity contribution in [3.63, 3.8) is 0 Å². The van der Waals surface area contributed by atoms with Gasteiger partial charge in [-0.1, -0.05) is 19.9 Å². The van der Waals surface area contributed by atoms with Gasteiger partial charge >= 0.3 is 5.97 Å². The molecule has 0 amide bonds. The van der Waals surface area contributed by atoms with Crippen molar-refractivity contribution < 1.29 is 9.90 Å². The van der Waals surface area contributed by atoms with Gasteiger partial charge in [0, 0.05) is 5.57 Å². The van der Waals surface area contributed by atoms with E-state index in [-0.39, 0.29) is 17.0 Å². The third-order valence-electron chi connectivity index (χ3n) is 0.854. The maximum Gasteiger partial charge on any atom is 0.330 e. The number of aliphatic carboxylic acids is 1. The molecule has 0 aromatic rings. The van der Waals surface area contributed by atoms with Gasteiger partial charge < -0.3 is 14.9 Å². The summed E-state index contributed by atoms with van der Waals surface area (Å²) in [4.78, 5) is 14.0. The number of carboxylic acids is 1. The molecule has 0 heterocycles. The molecule has 0 radical (unpaired) electrons. The summed E-state index contributed by atoms with van der Waals surface area (Å²) in [7, 11) is 12.0. The van der Waals surface area contributed by atoms with Gasteiger partial charge in [0.15, 0.2) is 0 Å². The zero-order valence-corrected chi connectivity index (χ0v) is 14.0. The number of hydrogen-bond donors (Lipinski definition) is 1. The van der Waals surface area contributed by atoms with Crippen LogP contribution in [0.4, 0.5) is 0 Å². The quantitative estimate of drug-likeness (QED) is 0.813. The average molecular weight is 313 g/mol. The van der Waals surface area contributed by atoms with Gasteiger partial charge in [0.2, 0.25) is 0 Å². The van der Waals surface area contributed by atoms with Crippen molar-refractivity contribution in [2.24, 2.45) is 0 Å². The Hall–Kier alpha value is -0.390. The monoisotopic (exact) mass is 312 g/mol. The largest absolute Gasteiger partial charge is 0.478 e. The first-order valence-corrected chi connectivity index (χ1v) is 5.28. The summed E-state index contributed by atoms with van der Waals surface area (Å²) in [5.74, 6) is -0.883. The number of halogens is 1. The van der Waals surface area contributed by atoms with Crippen LogP contribution in [0.1, 0.15) is 19.8 Å². The summed E-state index contributed by atoms with van der Waals surface area (Å²) >= 11 is 0. The van der Waals surface area contributed by atoms with Crippen LogP contribution >= 0.6 is 17.0 Å². The first-order chi connectivity index (χ1) is 7.14. The molecule has 4 nitrogen and oxygen atoms in total. The summed E-state index contributed by atoms with van der Waals surface area (Å²) in [6.07, 6.45) is 1.44. The number of carbonyl (C=O) groups is 1. The second-order valence-corrected chi connectivity index (χ2v) is 4.34. The van der Waals surface area contributed by atoms with Crippen LogP contribution in [0, 0.1) is 0 Å². The number of nitrogens with zero attached hydrogens (tertiary/aromatic N) is 2. The van der Waals surface area contributed by atoms with E-state index in [2.05, 4.69) is 6.58 Å². The van der Waals surface area contributed by atoms with E-state index in [0.717, 1.165) is 6.42 Å². The van der Waals surface area contributed by atoms with E-state index in [9.17, 15) is 4.79 Å². The number of carboxylic acid groups (broad SMARTS) is 1. The van der Waals surface area contributed by atoms with Crippen LogP contribution < -0.4 is 0 Å². The fourth-order valence-electron chi connectivity index (χ4n) is 0.409. The highest BCUT2D eigenvalue weighted by Gasteiger charge is 1.99. The van der Waals surface area contributed by atoms with Crippen LogP contribution in [0.3, 0.4) is 0 Å². The summed E-state index contributed by atoms with van der Waals surface area (Å²) in [6, 6.07) is 0. The molecule has 0 spiro atoms. The zero-order chi connectivity index (χ0) is 13.7. The summed E-state index contributed by atoms with van der Waals surface area (Å²) in [6.45, 7) is 5.27. The van der Waals surface area contributed by atoms with Crippen molar-refractivity contribution in [1.82, 2.24) is 9.80 Å². The van der Waals surface area contributed by atoms with E-state index in [0.29, 0.717) is 12.0 Å². The van der Waals surface area contributed by atoms with Crippen molar-refractivity contribution >= 4 is 23.0 Å². The maximum absolute atomic E-state index is 9.99. The van der Waals surface area contributed by atoms with Gasteiger partial charge in [-0.05, 0) is 48.7 Å². The zero-order valence-electron chi connectivity index (χ0n) is 12.3. The Kier molecular flexibility index (Phi) is 26.9. The Labute approximate surface area is 117 Å². The third kappa shape index (κ3) is 66.2. The standard InChI is InChI=1S/C6H10O2.2C3H9N.BrH/c1-3-4-5(2)6(7)8;2*1-4(2)3;/h2-4H2,1H3,(H,7,8);2*1-3H3;1H. The minimum atomic E-state index is -0.883. The second kappa shape index (κ2) is 18.0. The highest BCUT2D eigenvalue weighted by atomic mass is 79.9. The molecule has 5 heteroatoms. The minimum absolute atomic E-state index is 0. The molecule has 0 fully saturated rings. The van der Waals surface area contributed by atoms with E-state index >= 15 is 0 Å². The molecule has 0 aromatic heterocycles. The molecule has 0 aliphatic heterocycles. The van der Waals surface area contributed by atoms with Gasteiger partial charge in [-0.3, -0.25) is 0 Å². The lowest BCUT2D eigenvalue weighted by atomic mass is 10.2. The summed E-state index contributed by atoms with van der Waals surface area (Å²) < 4.78 is 0. The van der Waals surface area contributed by atoms with Crippen LogP contribution in [-0.2, 0) is 4.79 Å². The Bertz CT molecular complexity index is 172. The summed E-state index contributed by atoms with van der Waals surface area (Å²) in [5.41, 5.74) is 0.299. The summed E-state index contributed by atoms with van der Waals surface area (Å²) in [5, 5.41) is 8.21. The van der Waals surface area contributed by atoms with Gasteiger partial charge in [-0.15, -0.1) is 17.0 Å². The van der Waals surface area contributed by atoms with Crippen molar-refractivity contribution in [1.29, 1.82) is 0 Å². The molecule has 0 saturated heterocycles. The van der Waals surface area contributed by atoms with Crippen molar-refractivity contribution in [2.45, 2.75) is 19.8 Å². The van der Waals surface area contributed by atoms with E-state index in [1.807, 2.05) is 59.0 Å². The molecule has 0 atom stereocenters. The van der Waals surface area contributed by atoms with E-state index in [4.69, 9.17) is 5.11 Å². The fraction of sp³-hybridized carbons (Fsp3) is 0.750. The van der Waals surface area contributed by atoms with Crippen molar-refractivity contribution in [3.8, 4) is 0 Å². The molecule has 0 bridgehead atoms. The topological polar surface area (TPSA) is 43.8 Å². The number of hydrogen-bond acceptors (Lipinski definition) is 3. The van der Waals surface area contributed by atoms with E-state index in [1.54, 1.807) is 0 Å². The molecule has 0 saturated carbocycles. The predicted octanol–water partition coefficient (Wildman–Crippen LogP) is 2.36. The fourth-order valence-corrected chi connectivity index (χ4v) is 0.409. The smallest absolute Gasteiger partial charge is 0.330 e. The van der Waals surface area contributed by atoms with Crippen molar-refractivity contribution in [3.05, 3.63) is 12.2 Å². The normalized spacial score (nSPS) is 8.29. The predicted molar refractivity (Wildman–Crippen MR) is 81.2 cm³/mol. The molecule has 1 N–H and O–H groups in total. The van der Waals surface area contributed by atoms with Crippen LogP contribution in [0.25, 0.3) is 0 Å². The molecule has 0 aromatic carbocycles. The Morgan fingerprint density at radius 1 is 1.06 bits per heavy atom. The van der Waals surface area contributed by atoms with Gasteiger partial charge in [0.25, 0.3) is 0 Å². The van der Waals surface area contributed by atoms with Crippen LogP contribution in [0.15, 0.2) is 12.2 Å². The maximum atomic E-state index is 9.99. The first-order valence-electron chi connectivity index (χ1n) is 5.28. The SMILES string of the molecule is Br.C=C(CCC)C(=O)O.CN(C)C.CN(C)C. The highest BCUT2D eigenvalue weighted by Crippen LogP contribution is 1.99. The molecule has 106 valence electrons. The Morgan fingerprint density at radius 2 is 1.29 bits per heavy atom. The lowest BCUT2D eigenvalue weighted by Crippen LogP contribution is -1.99. The lowest BCUT2D eigenvalue weighted by molar-refractivity contribution is -0.132. The average Bonchev–Trinajstić information content (AvgIpc) is 2.02. The van der Waals surface area contributed by atoms with E-state index in [1.165, 1.54) is 0 Å². The van der Waals surface area contributed by atoms with Crippen LogP contribution in [0.5, 0.6) is 0 Å². The van der Waals surface area contributed by atoms with Gasteiger partial charge in [0.1, 0.15) is 0 Å².